The molecule has 4 nitrogen and oxygen atoms in total. The van der Waals surface area contributed by atoms with E-state index >= 15 is 0 Å². The van der Waals surface area contributed by atoms with E-state index in [1.165, 1.54) is 22.5 Å². The SMILES string of the molecule is CC(O)C1CCN(S(=O)(=O)c2cccc(F)c2)CC1. The fraction of sp³-hybridized carbons (Fsp3) is 0.538. The Morgan fingerprint density at radius 2 is 2.00 bits per heavy atom. The summed E-state index contributed by atoms with van der Waals surface area (Å²) in [6, 6.07) is 5.05. The van der Waals surface area contributed by atoms with Gasteiger partial charge < -0.3 is 5.11 Å². The molecule has 0 spiro atoms. The van der Waals surface area contributed by atoms with Crippen molar-refractivity contribution in [2.24, 2.45) is 5.92 Å². The molecule has 0 radical (unpaired) electrons. The Kier molecular flexibility index (Phi) is 4.23. The quantitative estimate of drug-likeness (QED) is 0.919. The molecule has 1 aliphatic rings. The van der Waals surface area contributed by atoms with Crippen molar-refractivity contribution >= 4 is 10.0 Å². The Hall–Kier alpha value is -0.980. The number of rotatable bonds is 3. The molecule has 1 aromatic carbocycles. The monoisotopic (exact) mass is 287 g/mol. The molecule has 6 heteroatoms. The normalized spacial score (nSPS) is 20.4. The highest BCUT2D eigenvalue weighted by atomic mass is 32.2. The molecule has 0 aliphatic carbocycles. The van der Waals surface area contributed by atoms with Crippen molar-refractivity contribution in [3.8, 4) is 0 Å². The standard InChI is InChI=1S/C13H18FNO3S/c1-10(16)11-5-7-15(8-6-11)19(17,18)13-4-2-3-12(14)9-13/h2-4,9-11,16H,5-8H2,1H3. The number of nitrogens with zero attached hydrogens (tertiary/aromatic N) is 1. The van der Waals surface area contributed by atoms with E-state index in [9.17, 15) is 17.9 Å². The third kappa shape index (κ3) is 3.13. The van der Waals surface area contributed by atoms with Crippen molar-refractivity contribution < 1.29 is 17.9 Å². The van der Waals surface area contributed by atoms with Gasteiger partial charge in [-0.15, -0.1) is 0 Å². The van der Waals surface area contributed by atoms with E-state index in [4.69, 9.17) is 0 Å². The van der Waals surface area contributed by atoms with Crippen LogP contribution in [0.3, 0.4) is 0 Å². The number of hydrogen-bond acceptors (Lipinski definition) is 3. The summed E-state index contributed by atoms with van der Waals surface area (Å²) in [5, 5.41) is 9.50. The molecule has 2 rings (SSSR count). The molecule has 0 saturated carbocycles. The van der Waals surface area contributed by atoms with Crippen molar-refractivity contribution in [3.63, 3.8) is 0 Å². The molecule has 19 heavy (non-hydrogen) atoms. The Labute approximate surface area is 112 Å². The van der Waals surface area contributed by atoms with Crippen molar-refractivity contribution in [3.05, 3.63) is 30.1 Å². The largest absolute Gasteiger partial charge is 0.393 e. The molecule has 1 aliphatic heterocycles. The van der Waals surface area contributed by atoms with E-state index in [0.29, 0.717) is 25.9 Å². The highest BCUT2D eigenvalue weighted by Gasteiger charge is 2.30. The number of aliphatic hydroxyl groups excluding tert-OH is 1. The molecule has 1 fully saturated rings. The molecular formula is C13H18FNO3S. The zero-order valence-corrected chi connectivity index (χ0v) is 11.6. The summed E-state index contributed by atoms with van der Waals surface area (Å²) in [7, 11) is -3.62. The predicted octanol–water partition coefficient (Wildman–Crippen LogP) is 1.61. The van der Waals surface area contributed by atoms with Gasteiger partial charge in [0, 0.05) is 13.1 Å². The van der Waals surface area contributed by atoms with Gasteiger partial charge in [0.1, 0.15) is 5.82 Å². The highest BCUT2D eigenvalue weighted by Crippen LogP contribution is 2.25. The van der Waals surface area contributed by atoms with Gasteiger partial charge in [-0.2, -0.15) is 4.31 Å². The summed E-state index contributed by atoms with van der Waals surface area (Å²) in [6.07, 6.45) is 0.845. The first-order valence-electron chi connectivity index (χ1n) is 6.35. The maximum atomic E-state index is 13.1. The first-order chi connectivity index (χ1) is 8.91. The van der Waals surface area contributed by atoms with E-state index in [0.717, 1.165) is 6.07 Å². The van der Waals surface area contributed by atoms with Gasteiger partial charge in [0.15, 0.2) is 0 Å². The lowest BCUT2D eigenvalue weighted by Gasteiger charge is -2.32. The number of sulfonamides is 1. The van der Waals surface area contributed by atoms with Crippen LogP contribution in [0.2, 0.25) is 0 Å². The fourth-order valence-corrected chi connectivity index (χ4v) is 3.88. The number of aliphatic hydroxyl groups is 1. The second-order valence-corrected chi connectivity index (χ2v) is 6.88. The maximum Gasteiger partial charge on any atom is 0.243 e. The van der Waals surface area contributed by atoms with E-state index in [1.807, 2.05) is 0 Å². The summed E-state index contributed by atoms with van der Waals surface area (Å²) in [5.41, 5.74) is 0. The van der Waals surface area contributed by atoms with Crippen LogP contribution in [-0.2, 0) is 10.0 Å². The molecule has 1 heterocycles. The lowest BCUT2D eigenvalue weighted by atomic mass is 9.93. The smallest absolute Gasteiger partial charge is 0.243 e. The Bertz CT molecular complexity index is 537. The molecule has 1 saturated heterocycles. The highest BCUT2D eigenvalue weighted by molar-refractivity contribution is 7.89. The fourth-order valence-electron chi connectivity index (χ4n) is 2.38. The molecule has 0 aromatic heterocycles. The Balaban J connectivity index is 2.14. The average molecular weight is 287 g/mol. The van der Waals surface area contributed by atoms with Crippen LogP contribution in [0, 0.1) is 11.7 Å². The van der Waals surface area contributed by atoms with Crippen LogP contribution in [0.1, 0.15) is 19.8 Å². The van der Waals surface area contributed by atoms with E-state index in [2.05, 4.69) is 0 Å². The summed E-state index contributed by atoms with van der Waals surface area (Å²) in [4.78, 5) is -0.0111. The number of hydrogen-bond donors (Lipinski definition) is 1. The van der Waals surface area contributed by atoms with E-state index < -0.39 is 21.9 Å². The zero-order chi connectivity index (χ0) is 14.0. The van der Waals surface area contributed by atoms with Gasteiger partial charge in [-0.05, 0) is 43.9 Å². The molecular weight excluding hydrogens is 269 g/mol. The molecule has 106 valence electrons. The minimum Gasteiger partial charge on any atom is -0.393 e. The van der Waals surface area contributed by atoms with Crippen molar-refractivity contribution in [2.75, 3.05) is 13.1 Å². The predicted molar refractivity (Wildman–Crippen MR) is 69.6 cm³/mol. The molecule has 1 N–H and O–H groups in total. The number of piperidine rings is 1. The van der Waals surface area contributed by atoms with Gasteiger partial charge in [0.2, 0.25) is 10.0 Å². The van der Waals surface area contributed by atoms with Crippen LogP contribution in [0.5, 0.6) is 0 Å². The minimum absolute atomic E-state index is 0.0111. The first-order valence-corrected chi connectivity index (χ1v) is 7.79. The topological polar surface area (TPSA) is 57.6 Å². The average Bonchev–Trinajstić information content (AvgIpc) is 2.39. The van der Waals surface area contributed by atoms with Gasteiger partial charge in [-0.1, -0.05) is 6.07 Å². The molecule has 1 atom stereocenters. The third-order valence-electron chi connectivity index (χ3n) is 3.61. The maximum absolute atomic E-state index is 13.1. The van der Waals surface area contributed by atoms with Crippen molar-refractivity contribution in [2.45, 2.75) is 30.8 Å². The van der Waals surface area contributed by atoms with Crippen LogP contribution in [0.15, 0.2) is 29.2 Å². The van der Waals surface area contributed by atoms with Crippen LogP contribution in [0.4, 0.5) is 4.39 Å². The Morgan fingerprint density at radius 1 is 1.37 bits per heavy atom. The Morgan fingerprint density at radius 3 is 2.53 bits per heavy atom. The number of benzene rings is 1. The number of halogens is 1. The van der Waals surface area contributed by atoms with E-state index in [1.54, 1.807) is 6.92 Å². The van der Waals surface area contributed by atoms with Gasteiger partial charge in [-0.25, -0.2) is 12.8 Å². The summed E-state index contributed by atoms with van der Waals surface area (Å²) in [5.74, 6) is -0.418. The van der Waals surface area contributed by atoms with Gasteiger partial charge in [-0.3, -0.25) is 0 Å². The molecule has 1 aromatic rings. The zero-order valence-electron chi connectivity index (χ0n) is 10.8. The summed E-state index contributed by atoms with van der Waals surface area (Å²) in [6.45, 7) is 2.46. The second kappa shape index (κ2) is 5.56. The first kappa shape index (κ1) is 14.4. The summed E-state index contributed by atoms with van der Waals surface area (Å²) >= 11 is 0. The van der Waals surface area contributed by atoms with Crippen LogP contribution in [-0.4, -0.2) is 37.0 Å². The molecule has 0 amide bonds. The van der Waals surface area contributed by atoms with Gasteiger partial charge in [0.05, 0.1) is 11.0 Å². The minimum atomic E-state index is -3.62. The van der Waals surface area contributed by atoms with Crippen LogP contribution >= 0.6 is 0 Å². The molecule has 1 unspecified atom stereocenters. The third-order valence-corrected chi connectivity index (χ3v) is 5.51. The van der Waals surface area contributed by atoms with Crippen LogP contribution < -0.4 is 0 Å². The summed E-state index contributed by atoms with van der Waals surface area (Å²) < 4.78 is 39.1. The lowest BCUT2D eigenvalue weighted by Crippen LogP contribution is -2.40. The van der Waals surface area contributed by atoms with E-state index in [-0.39, 0.29) is 10.8 Å². The van der Waals surface area contributed by atoms with Gasteiger partial charge >= 0.3 is 0 Å². The second-order valence-electron chi connectivity index (χ2n) is 4.94. The van der Waals surface area contributed by atoms with Crippen molar-refractivity contribution in [1.29, 1.82) is 0 Å². The molecule has 0 bridgehead atoms. The lowest BCUT2D eigenvalue weighted by molar-refractivity contribution is 0.0912. The van der Waals surface area contributed by atoms with Crippen molar-refractivity contribution in [1.82, 2.24) is 4.31 Å². The van der Waals surface area contributed by atoms with Gasteiger partial charge in [0.25, 0.3) is 0 Å². The van der Waals surface area contributed by atoms with Crippen LogP contribution in [0.25, 0.3) is 0 Å².